The molecule has 0 aromatic carbocycles. The van der Waals surface area contributed by atoms with Gasteiger partial charge in [-0.3, -0.25) is 4.79 Å². The molecular weight excluding hydrogens is 132 g/mol. The quantitative estimate of drug-likeness (QED) is 0.486. The van der Waals surface area contributed by atoms with E-state index in [2.05, 4.69) is 10.8 Å². The molecule has 1 amide bonds. The van der Waals surface area contributed by atoms with E-state index in [0.29, 0.717) is 6.42 Å². The van der Waals surface area contributed by atoms with Crippen LogP contribution in [0.4, 0.5) is 0 Å². The minimum absolute atomic E-state index is 0.00708. The van der Waals surface area contributed by atoms with Crippen molar-refractivity contribution < 1.29 is 9.63 Å². The molecule has 0 spiro atoms. The zero-order valence-electron chi connectivity index (χ0n) is 5.18. The van der Waals surface area contributed by atoms with E-state index >= 15 is 0 Å². The third-order valence-electron chi connectivity index (χ3n) is 1.42. The van der Waals surface area contributed by atoms with Crippen LogP contribution in [0.1, 0.15) is 6.42 Å². The average Bonchev–Trinajstić information content (AvgIpc) is 2.27. The molecule has 0 atom stereocenters. The lowest BCUT2D eigenvalue weighted by Crippen LogP contribution is -2.15. The highest BCUT2D eigenvalue weighted by Crippen LogP contribution is 2.15. The van der Waals surface area contributed by atoms with E-state index < -0.39 is 0 Å². The molecule has 2 heterocycles. The van der Waals surface area contributed by atoms with Crippen molar-refractivity contribution in [1.82, 2.24) is 10.8 Å². The Morgan fingerprint density at radius 1 is 1.60 bits per heavy atom. The molecule has 2 N–H and O–H groups in total. The van der Waals surface area contributed by atoms with Gasteiger partial charge in [-0.1, -0.05) is 0 Å². The van der Waals surface area contributed by atoms with Gasteiger partial charge in [0, 0.05) is 6.08 Å². The zero-order chi connectivity index (χ0) is 6.97. The molecule has 4 nitrogen and oxygen atoms in total. The van der Waals surface area contributed by atoms with Gasteiger partial charge in [0.2, 0.25) is 5.91 Å². The van der Waals surface area contributed by atoms with Crippen molar-refractivity contribution in [2.24, 2.45) is 0 Å². The summed E-state index contributed by atoms with van der Waals surface area (Å²) in [6, 6.07) is 0. The second-order valence-electron chi connectivity index (χ2n) is 2.14. The third-order valence-corrected chi connectivity index (χ3v) is 1.42. The van der Waals surface area contributed by atoms with Gasteiger partial charge in [0.05, 0.1) is 17.8 Å². The smallest absolute Gasteiger partial charge is 0.230 e. The lowest BCUT2D eigenvalue weighted by Gasteiger charge is -2.08. The molecule has 0 aromatic rings. The third kappa shape index (κ3) is 0.655. The molecule has 0 bridgehead atoms. The molecule has 0 unspecified atom stereocenters. The Labute approximate surface area is 57.5 Å². The van der Waals surface area contributed by atoms with Crippen LogP contribution in [-0.4, -0.2) is 5.91 Å². The van der Waals surface area contributed by atoms with Crippen molar-refractivity contribution in [1.29, 1.82) is 0 Å². The Morgan fingerprint density at radius 2 is 2.50 bits per heavy atom. The summed E-state index contributed by atoms with van der Waals surface area (Å²) in [4.78, 5) is 15.5. The number of carbonyl (C=O) groups excluding carboxylic acids is 1. The van der Waals surface area contributed by atoms with Crippen molar-refractivity contribution in [2.45, 2.75) is 6.42 Å². The van der Waals surface area contributed by atoms with Crippen molar-refractivity contribution in [3.05, 3.63) is 23.7 Å². The molecule has 0 fully saturated rings. The zero-order valence-corrected chi connectivity index (χ0v) is 5.18. The van der Waals surface area contributed by atoms with Crippen LogP contribution in [0.2, 0.25) is 0 Å². The Hall–Kier alpha value is -1.45. The summed E-state index contributed by atoms with van der Waals surface area (Å²) in [5.41, 5.74) is 4.25. The Morgan fingerprint density at radius 3 is 3.30 bits per heavy atom. The molecule has 0 aromatic heterocycles. The van der Waals surface area contributed by atoms with E-state index in [4.69, 9.17) is 4.84 Å². The normalized spacial score (nSPS) is 21.4. The van der Waals surface area contributed by atoms with E-state index in [1.807, 2.05) is 0 Å². The fourth-order valence-corrected chi connectivity index (χ4v) is 0.966. The average molecular weight is 138 g/mol. The first kappa shape index (κ1) is 5.34. The maximum Gasteiger partial charge on any atom is 0.230 e. The summed E-state index contributed by atoms with van der Waals surface area (Å²) < 4.78 is 0. The number of hydrogen-bond donors (Lipinski definition) is 2. The summed E-state index contributed by atoms with van der Waals surface area (Å²) in [6.07, 6.45) is 3.60. The minimum atomic E-state index is 0.00708. The van der Waals surface area contributed by atoms with Crippen molar-refractivity contribution in [2.75, 3.05) is 0 Å². The molecule has 10 heavy (non-hydrogen) atoms. The number of hydroxylamine groups is 1. The topological polar surface area (TPSA) is 50.4 Å². The van der Waals surface area contributed by atoms with Crippen LogP contribution in [0.15, 0.2) is 23.7 Å². The maximum atomic E-state index is 10.7. The number of hydrogen-bond acceptors (Lipinski definition) is 3. The molecular formula is C6H6N2O2. The molecule has 0 saturated carbocycles. The highest BCUT2D eigenvalue weighted by Gasteiger charge is 2.21. The Kier molecular flexibility index (Phi) is 0.943. The van der Waals surface area contributed by atoms with E-state index in [9.17, 15) is 4.79 Å². The van der Waals surface area contributed by atoms with Gasteiger partial charge >= 0.3 is 0 Å². The second kappa shape index (κ2) is 1.76. The van der Waals surface area contributed by atoms with E-state index in [1.165, 1.54) is 6.26 Å². The van der Waals surface area contributed by atoms with Gasteiger partial charge < -0.3 is 10.2 Å². The lowest BCUT2D eigenvalue weighted by molar-refractivity contribution is -0.119. The predicted octanol–water partition coefficient (Wildman–Crippen LogP) is -0.234. The van der Waals surface area contributed by atoms with Gasteiger partial charge in [-0.05, 0) is 0 Å². The first-order valence-corrected chi connectivity index (χ1v) is 2.97. The monoisotopic (exact) mass is 138 g/mol. The molecule has 2 rings (SSSR count). The molecule has 0 aliphatic carbocycles. The van der Waals surface area contributed by atoms with E-state index in [0.717, 1.165) is 11.4 Å². The minimum Gasteiger partial charge on any atom is -0.390 e. The fourth-order valence-electron chi connectivity index (χ4n) is 0.966. The number of amides is 1. The summed E-state index contributed by atoms with van der Waals surface area (Å²) >= 11 is 0. The van der Waals surface area contributed by atoms with Gasteiger partial charge in [-0.2, -0.15) is 0 Å². The summed E-state index contributed by atoms with van der Waals surface area (Å²) in [7, 11) is 0. The number of rotatable bonds is 0. The molecule has 0 saturated heterocycles. The standard InChI is InChI=1S/C6H6N2O2/c9-6-3-5-4(7-6)1-2-10-8-5/h1-2,8H,3H2,(H,7,9). The predicted molar refractivity (Wildman–Crippen MR) is 33.1 cm³/mol. The molecule has 4 heteroatoms. The van der Waals surface area contributed by atoms with Gasteiger partial charge in [-0.15, -0.1) is 0 Å². The first-order chi connectivity index (χ1) is 4.86. The maximum absolute atomic E-state index is 10.7. The van der Waals surface area contributed by atoms with Crippen molar-refractivity contribution in [3.8, 4) is 0 Å². The number of nitrogens with one attached hydrogen (secondary N) is 2. The number of allylic oxidation sites excluding steroid dienone is 1. The van der Waals surface area contributed by atoms with E-state index in [-0.39, 0.29) is 5.91 Å². The van der Waals surface area contributed by atoms with Crippen molar-refractivity contribution in [3.63, 3.8) is 0 Å². The number of carbonyl (C=O) groups is 1. The summed E-state index contributed by atoms with van der Waals surface area (Å²) in [6.45, 7) is 0. The van der Waals surface area contributed by atoms with Crippen LogP contribution < -0.4 is 10.8 Å². The lowest BCUT2D eigenvalue weighted by atomic mass is 10.3. The van der Waals surface area contributed by atoms with Crippen LogP contribution in [-0.2, 0) is 9.63 Å². The summed E-state index contributed by atoms with van der Waals surface area (Å²) in [5, 5.41) is 2.67. The van der Waals surface area contributed by atoms with Crippen LogP contribution in [0.5, 0.6) is 0 Å². The molecule has 2 aliphatic heterocycles. The van der Waals surface area contributed by atoms with E-state index in [1.54, 1.807) is 6.08 Å². The van der Waals surface area contributed by atoms with Gasteiger partial charge in [0.25, 0.3) is 0 Å². The summed E-state index contributed by atoms with van der Waals surface area (Å²) in [5.74, 6) is 0.00708. The SMILES string of the molecule is O=C1CC2=C(C=CON2)N1. The van der Waals surface area contributed by atoms with Gasteiger partial charge in [0.1, 0.15) is 6.26 Å². The molecule has 2 aliphatic rings. The van der Waals surface area contributed by atoms with Crippen LogP contribution in [0, 0.1) is 0 Å². The largest absolute Gasteiger partial charge is 0.390 e. The Bertz CT molecular complexity index is 242. The first-order valence-electron chi connectivity index (χ1n) is 2.97. The fraction of sp³-hybridized carbons (Fsp3) is 0.167. The van der Waals surface area contributed by atoms with Gasteiger partial charge in [0.15, 0.2) is 0 Å². The highest BCUT2D eigenvalue weighted by molar-refractivity contribution is 5.84. The van der Waals surface area contributed by atoms with Crippen molar-refractivity contribution >= 4 is 5.91 Å². The van der Waals surface area contributed by atoms with Crippen LogP contribution in [0.25, 0.3) is 0 Å². The second-order valence-corrected chi connectivity index (χ2v) is 2.14. The van der Waals surface area contributed by atoms with Gasteiger partial charge in [-0.25, -0.2) is 5.48 Å². The highest BCUT2D eigenvalue weighted by atomic mass is 16.6. The molecule has 0 radical (unpaired) electrons. The van der Waals surface area contributed by atoms with Crippen LogP contribution in [0.3, 0.4) is 0 Å². The molecule has 52 valence electrons. The van der Waals surface area contributed by atoms with Crippen LogP contribution >= 0.6 is 0 Å². The Balaban J connectivity index is 2.29.